The van der Waals surface area contributed by atoms with Crippen LogP contribution in [0.1, 0.15) is 25.1 Å². The maximum absolute atomic E-state index is 6.09. The molecule has 0 radical (unpaired) electrons. The van der Waals surface area contributed by atoms with Gasteiger partial charge in [0.15, 0.2) is 0 Å². The maximum atomic E-state index is 6.09. The lowest BCUT2D eigenvalue weighted by Gasteiger charge is -2.16. The molecule has 0 aromatic carbocycles. The predicted octanol–water partition coefficient (Wildman–Crippen LogP) is 1.51. The molecule has 1 atom stereocenters. The molecule has 5 heteroatoms. The van der Waals surface area contributed by atoms with Gasteiger partial charge in [0.05, 0.1) is 16.9 Å². The molecule has 0 spiro atoms. The molecule has 2 N–H and O–H groups in total. The zero-order valence-electron chi connectivity index (χ0n) is 9.57. The number of hydrogen-bond donors (Lipinski definition) is 1. The molecule has 0 saturated heterocycles. The fourth-order valence-electron chi connectivity index (χ4n) is 1.53. The molecule has 4 nitrogen and oxygen atoms in total. The van der Waals surface area contributed by atoms with Crippen LogP contribution in [0.25, 0.3) is 0 Å². The van der Waals surface area contributed by atoms with Crippen LogP contribution in [-0.4, -0.2) is 35.3 Å². The van der Waals surface area contributed by atoms with E-state index in [2.05, 4.69) is 10.00 Å². The summed E-state index contributed by atoms with van der Waals surface area (Å²) in [6.45, 7) is 3.79. The minimum absolute atomic E-state index is 0.0395. The first-order valence-corrected chi connectivity index (χ1v) is 5.55. The first kappa shape index (κ1) is 12.5. The number of halogens is 1. The number of rotatable bonds is 5. The van der Waals surface area contributed by atoms with Crippen LogP contribution in [0, 0.1) is 0 Å². The molecular formula is C10H19ClN4. The largest absolute Gasteiger partial charge is 0.323 e. The summed E-state index contributed by atoms with van der Waals surface area (Å²) in [7, 11) is 4.07. The summed E-state index contributed by atoms with van der Waals surface area (Å²) in [4.78, 5) is 2.11. The highest BCUT2D eigenvalue weighted by molar-refractivity contribution is 6.31. The molecule has 0 fully saturated rings. The van der Waals surface area contributed by atoms with E-state index in [-0.39, 0.29) is 6.04 Å². The van der Waals surface area contributed by atoms with Crippen LogP contribution < -0.4 is 5.73 Å². The lowest BCUT2D eigenvalue weighted by Crippen LogP contribution is -2.22. The van der Waals surface area contributed by atoms with Gasteiger partial charge in [-0.2, -0.15) is 5.10 Å². The highest BCUT2D eigenvalue weighted by Crippen LogP contribution is 2.23. The first-order valence-electron chi connectivity index (χ1n) is 5.17. The Morgan fingerprint density at radius 2 is 2.27 bits per heavy atom. The Morgan fingerprint density at radius 1 is 1.60 bits per heavy atom. The third-order valence-electron chi connectivity index (χ3n) is 2.37. The van der Waals surface area contributed by atoms with E-state index in [4.69, 9.17) is 17.3 Å². The molecule has 15 heavy (non-hydrogen) atoms. The number of aryl methyl sites for hydroxylation is 1. The fourth-order valence-corrected chi connectivity index (χ4v) is 1.81. The lowest BCUT2D eigenvalue weighted by molar-refractivity contribution is 0.376. The molecule has 86 valence electrons. The van der Waals surface area contributed by atoms with E-state index in [0.717, 1.165) is 25.2 Å². The summed E-state index contributed by atoms with van der Waals surface area (Å²) in [5.41, 5.74) is 7.04. The Kier molecular flexibility index (Phi) is 4.57. The van der Waals surface area contributed by atoms with Crippen molar-refractivity contribution in [3.8, 4) is 0 Å². The Hall–Kier alpha value is -0.580. The van der Waals surface area contributed by atoms with Crippen molar-refractivity contribution in [1.29, 1.82) is 0 Å². The van der Waals surface area contributed by atoms with E-state index in [1.54, 1.807) is 6.20 Å². The van der Waals surface area contributed by atoms with Crippen LogP contribution in [0.3, 0.4) is 0 Å². The van der Waals surface area contributed by atoms with E-state index in [1.165, 1.54) is 0 Å². The van der Waals surface area contributed by atoms with Crippen molar-refractivity contribution in [2.24, 2.45) is 5.73 Å². The summed E-state index contributed by atoms with van der Waals surface area (Å²) in [5, 5.41) is 4.84. The van der Waals surface area contributed by atoms with E-state index < -0.39 is 0 Å². The zero-order chi connectivity index (χ0) is 11.4. The van der Waals surface area contributed by atoms with Gasteiger partial charge in [0.1, 0.15) is 0 Å². The third-order valence-corrected chi connectivity index (χ3v) is 2.66. The molecule has 0 amide bonds. The molecule has 1 aromatic heterocycles. The topological polar surface area (TPSA) is 47.1 Å². The molecule has 0 aliphatic carbocycles. The van der Waals surface area contributed by atoms with Crippen molar-refractivity contribution in [3.63, 3.8) is 0 Å². The molecule has 0 bridgehead atoms. The summed E-state index contributed by atoms with van der Waals surface area (Å²) in [6, 6.07) is -0.0395. The summed E-state index contributed by atoms with van der Waals surface area (Å²) in [6.07, 6.45) is 2.55. The predicted molar refractivity (Wildman–Crippen MR) is 63.0 cm³/mol. The van der Waals surface area contributed by atoms with Gasteiger partial charge in [-0.1, -0.05) is 11.6 Å². The van der Waals surface area contributed by atoms with Gasteiger partial charge in [0, 0.05) is 12.6 Å². The number of aromatic nitrogens is 2. The second-order valence-electron chi connectivity index (χ2n) is 3.89. The van der Waals surface area contributed by atoms with Gasteiger partial charge in [-0.25, -0.2) is 0 Å². The minimum atomic E-state index is -0.0395. The normalized spacial score (nSPS) is 13.5. The van der Waals surface area contributed by atoms with Gasteiger partial charge >= 0.3 is 0 Å². The number of nitrogens with two attached hydrogens (primary N) is 1. The van der Waals surface area contributed by atoms with Crippen LogP contribution in [-0.2, 0) is 6.54 Å². The van der Waals surface area contributed by atoms with Crippen molar-refractivity contribution >= 4 is 11.6 Å². The molecular weight excluding hydrogens is 212 g/mol. The summed E-state index contributed by atoms with van der Waals surface area (Å²) in [5.74, 6) is 0. The minimum Gasteiger partial charge on any atom is -0.323 e. The van der Waals surface area contributed by atoms with Gasteiger partial charge in [-0.3, -0.25) is 4.68 Å². The maximum Gasteiger partial charge on any atom is 0.0834 e. The molecule has 0 saturated carbocycles. The Balaban J connectivity index is 2.71. The van der Waals surface area contributed by atoms with E-state index >= 15 is 0 Å². The van der Waals surface area contributed by atoms with Crippen LogP contribution in [0.15, 0.2) is 6.20 Å². The quantitative estimate of drug-likeness (QED) is 0.834. The monoisotopic (exact) mass is 230 g/mol. The molecule has 1 aromatic rings. The molecule has 0 aliphatic heterocycles. The Labute approximate surface area is 96.0 Å². The molecule has 0 aliphatic rings. The van der Waals surface area contributed by atoms with Gasteiger partial charge in [0.2, 0.25) is 0 Å². The van der Waals surface area contributed by atoms with E-state index in [9.17, 15) is 0 Å². The molecule has 1 heterocycles. The standard InChI is InChI=1S/C10H19ClN4/c1-4-15-10(8(11)7-13-15)9(12)5-6-14(2)3/h7,9H,4-6,12H2,1-3H3. The van der Waals surface area contributed by atoms with Gasteiger partial charge < -0.3 is 10.6 Å². The van der Waals surface area contributed by atoms with Crippen molar-refractivity contribution in [1.82, 2.24) is 14.7 Å². The number of nitrogens with zero attached hydrogens (tertiary/aromatic N) is 3. The highest BCUT2D eigenvalue weighted by atomic mass is 35.5. The van der Waals surface area contributed by atoms with E-state index in [0.29, 0.717) is 5.02 Å². The Bertz CT molecular complexity index is 308. The summed E-state index contributed by atoms with van der Waals surface area (Å²) >= 11 is 6.06. The fraction of sp³-hybridized carbons (Fsp3) is 0.700. The SMILES string of the molecule is CCn1ncc(Cl)c1C(N)CCN(C)C. The van der Waals surface area contributed by atoms with Gasteiger partial charge in [-0.05, 0) is 34.0 Å². The highest BCUT2D eigenvalue weighted by Gasteiger charge is 2.15. The molecule has 1 unspecified atom stereocenters. The van der Waals surface area contributed by atoms with Crippen LogP contribution in [0.2, 0.25) is 5.02 Å². The van der Waals surface area contributed by atoms with Crippen LogP contribution in [0.4, 0.5) is 0 Å². The second-order valence-corrected chi connectivity index (χ2v) is 4.30. The average Bonchev–Trinajstić information content (AvgIpc) is 2.56. The summed E-state index contributed by atoms with van der Waals surface area (Å²) < 4.78 is 1.86. The van der Waals surface area contributed by atoms with Crippen LogP contribution in [0.5, 0.6) is 0 Å². The molecule has 1 rings (SSSR count). The van der Waals surface area contributed by atoms with Crippen molar-refractivity contribution in [2.75, 3.05) is 20.6 Å². The smallest absolute Gasteiger partial charge is 0.0834 e. The third kappa shape index (κ3) is 3.19. The van der Waals surface area contributed by atoms with Crippen molar-refractivity contribution in [2.45, 2.75) is 25.9 Å². The van der Waals surface area contributed by atoms with Crippen molar-refractivity contribution < 1.29 is 0 Å². The zero-order valence-corrected chi connectivity index (χ0v) is 10.3. The lowest BCUT2D eigenvalue weighted by atomic mass is 10.1. The van der Waals surface area contributed by atoms with Gasteiger partial charge in [-0.15, -0.1) is 0 Å². The number of hydrogen-bond acceptors (Lipinski definition) is 3. The second kappa shape index (κ2) is 5.49. The van der Waals surface area contributed by atoms with Gasteiger partial charge in [0.25, 0.3) is 0 Å². The van der Waals surface area contributed by atoms with Crippen molar-refractivity contribution in [3.05, 3.63) is 16.9 Å². The van der Waals surface area contributed by atoms with Crippen LogP contribution >= 0.6 is 11.6 Å². The van der Waals surface area contributed by atoms with E-state index in [1.807, 2.05) is 25.7 Å². The Morgan fingerprint density at radius 3 is 2.80 bits per heavy atom. The first-order chi connectivity index (χ1) is 7.06. The average molecular weight is 231 g/mol.